The summed E-state index contributed by atoms with van der Waals surface area (Å²) in [5.74, 6) is -0.261. The lowest BCUT2D eigenvalue weighted by molar-refractivity contribution is 0.608. The second-order valence-corrected chi connectivity index (χ2v) is 2.61. The van der Waals surface area contributed by atoms with Gasteiger partial charge in [-0.05, 0) is 0 Å². The summed E-state index contributed by atoms with van der Waals surface area (Å²) in [6.45, 7) is 0.952. The van der Waals surface area contributed by atoms with Gasteiger partial charge in [-0.2, -0.15) is 4.98 Å². The monoisotopic (exact) mass is 185 g/mol. The predicted octanol–water partition coefficient (Wildman–Crippen LogP) is -0.407. The Kier molecular flexibility index (Phi) is 2.97. The Morgan fingerprint density at radius 2 is 2.31 bits per heavy atom. The van der Waals surface area contributed by atoms with E-state index < -0.39 is 5.82 Å². The molecule has 0 saturated heterocycles. The van der Waals surface area contributed by atoms with Gasteiger partial charge in [-0.15, -0.1) is 0 Å². The number of nitrogens with zero attached hydrogens (tertiary/aromatic N) is 3. The van der Waals surface area contributed by atoms with E-state index in [9.17, 15) is 4.39 Å². The van der Waals surface area contributed by atoms with E-state index in [2.05, 4.69) is 9.97 Å². The average Bonchev–Trinajstić information content (AvgIpc) is 2.09. The van der Waals surface area contributed by atoms with E-state index in [1.807, 2.05) is 0 Å². The zero-order valence-electron chi connectivity index (χ0n) is 7.37. The van der Waals surface area contributed by atoms with Crippen molar-refractivity contribution in [3.05, 3.63) is 12.0 Å². The molecular weight excluding hydrogens is 173 g/mol. The fourth-order valence-corrected chi connectivity index (χ4v) is 0.939. The molecule has 0 aromatic carbocycles. The van der Waals surface area contributed by atoms with Gasteiger partial charge < -0.3 is 16.4 Å². The largest absolute Gasteiger partial charge is 0.368 e. The first-order valence-corrected chi connectivity index (χ1v) is 3.84. The normalized spacial score (nSPS) is 10.1. The summed E-state index contributed by atoms with van der Waals surface area (Å²) < 4.78 is 13.1. The summed E-state index contributed by atoms with van der Waals surface area (Å²) in [5.41, 5.74) is 10.6. The van der Waals surface area contributed by atoms with Crippen molar-refractivity contribution in [2.75, 3.05) is 30.8 Å². The molecule has 0 aliphatic rings. The maximum atomic E-state index is 13.1. The molecule has 1 heterocycles. The Labute approximate surface area is 75.6 Å². The van der Waals surface area contributed by atoms with Crippen molar-refractivity contribution >= 4 is 11.8 Å². The quantitative estimate of drug-likeness (QED) is 0.669. The predicted molar refractivity (Wildman–Crippen MR) is 48.7 cm³/mol. The fourth-order valence-electron chi connectivity index (χ4n) is 0.939. The minimum absolute atomic E-state index is 0.0558. The molecule has 1 aromatic rings. The van der Waals surface area contributed by atoms with E-state index in [1.54, 1.807) is 11.9 Å². The number of nitrogens with two attached hydrogens (primary N) is 2. The highest BCUT2D eigenvalue weighted by Crippen LogP contribution is 2.13. The van der Waals surface area contributed by atoms with Crippen LogP contribution in [0, 0.1) is 5.82 Å². The van der Waals surface area contributed by atoms with Crippen LogP contribution in [-0.2, 0) is 0 Å². The molecule has 0 spiro atoms. The summed E-state index contributed by atoms with van der Waals surface area (Å²) in [6.07, 6.45) is 1.05. The fraction of sp³-hybridized carbons (Fsp3) is 0.429. The minimum Gasteiger partial charge on any atom is -0.368 e. The van der Waals surface area contributed by atoms with Gasteiger partial charge in [0.05, 0.1) is 6.20 Å². The van der Waals surface area contributed by atoms with Gasteiger partial charge >= 0.3 is 0 Å². The van der Waals surface area contributed by atoms with Crippen LogP contribution in [-0.4, -0.2) is 30.1 Å². The molecule has 0 amide bonds. The summed E-state index contributed by atoms with van der Waals surface area (Å²) >= 11 is 0. The number of nitrogen functional groups attached to an aromatic ring is 1. The Morgan fingerprint density at radius 1 is 1.62 bits per heavy atom. The molecule has 1 rings (SSSR count). The third-order valence-electron chi connectivity index (χ3n) is 1.57. The highest BCUT2D eigenvalue weighted by molar-refractivity contribution is 5.41. The first-order valence-electron chi connectivity index (χ1n) is 3.84. The highest BCUT2D eigenvalue weighted by atomic mass is 19.1. The van der Waals surface area contributed by atoms with Gasteiger partial charge in [0.2, 0.25) is 5.95 Å². The number of halogens is 1. The first-order chi connectivity index (χ1) is 6.15. The number of likely N-dealkylation sites (N-methyl/N-ethyl adjacent to an activating group) is 1. The molecule has 0 saturated carbocycles. The number of rotatable bonds is 3. The third-order valence-corrected chi connectivity index (χ3v) is 1.57. The lowest BCUT2D eigenvalue weighted by Gasteiger charge is -2.17. The number of anilines is 2. The van der Waals surface area contributed by atoms with E-state index in [1.165, 1.54) is 0 Å². The SMILES string of the molecule is CN(CCN)c1nc(N)ncc1F. The van der Waals surface area contributed by atoms with Crippen molar-refractivity contribution < 1.29 is 4.39 Å². The summed E-state index contributed by atoms with van der Waals surface area (Å²) in [4.78, 5) is 8.86. The van der Waals surface area contributed by atoms with Gasteiger partial charge in [0.25, 0.3) is 0 Å². The summed E-state index contributed by atoms with van der Waals surface area (Å²) in [5, 5.41) is 0. The number of hydrogen-bond donors (Lipinski definition) is 2. The molecule has 6 heteroatoms. The van der Waals surface area contributed by atoms with Gasteiger partial charge in [0.1, 0.15) is 0 Å². The Bertz CT molecular complexity index is 290. The zero-order valence-corrected chi connectivity index (χ0v) is 7.37. The minimum atomic E-state index is -0.495. The van der Waals surface area contributed by atoms with E-state index in [-0.39, 0.29) is 11.8 Å². The lowest BCUT2D eigenvalue weighted by Crippen LogP contribution is -2.27. The second kappa shape index (κ2) is 3.99. The van der Waals surface area contributed by atoms with Crippen LogP contribution in [0.2, 0.25) is 0 Å². The molecule has 13 heavy (non-hydrogen) atoms. The average molecular weight is 185 g/mol. The third kappa shape index (κ3) is 2.25. The Morgan fingerprint density at radius 3 is 2.92 bits per heavy atom. The van der Waals surface area contributed by atoms with Crippen molar-refractivity contribution in [2.24, 2.45) is 5.73 Å². The van der Waals surface area contributed by atoms with Crippen molar-refractivity contribution in [3.8, 4) is 0 Å². The van der Waals surface area contributed by atoms with Gasteiger partial charge in [-0.25, -0.2) is 9.37 Å². The summed E-state index contributed by atoms with van der Waals surface area (Å²) in [7, 11) is 1.69. The van der Waals surface area contributed by atoms with E-state index in [4.69, 9.17) is 11.5 Å². The molecule has 4 N–H and O–H groups in total. The molecule has 5 nitrogen and oxygen atoms in total. The van der Waals surface area contributed by atoms with Crippen LogP contribution in [0.1, 0.15) is 0 Å². The molecule has 0 fully saturated rings. The van der Waals surface area contributed by atoms with Crippen molar-refractivity contribution in [1.29, 1.82) is 0 Å². The maximum absolute atomic E-state index is 13.1. The van der Waals surface area contributed by atoms with Gasteiger partial charge in [-0.1, -0.05) is 0 Å². The molecule has 1 aromatic heterocycles. The standard InChI is InChI=1S/C7H12FN5/c1-13(3-2-9)6-5(8)4-11-7(10)12-6/h4H,2-3,9H2,1H3,(H2,10,11,12). The highest BCUT2D eigenvalue weighted by Gasteiger charge is 2.09. The van der Waals surface area contributed by atoms with Gasteiger partial charge in [0.15, 0.2) is 11.6 Å². The topological polar surface area (TPSA) is 81.1 Å². The summed E-state index contributed by atoms with van der Waals surface area (Å²) in [6, 6.07) is 0. The van der Waals surface area contributed by atoms with E-state index >= 15 is 0 Å². The van der Waals surface area contributed by atoms with Crippen molar-refractivity contribution in [1.82, 2.24) is 9.97 Å². The van der Waals surface area contributed by atoms with Gasteiger partial charge in [-0.3, -0.25) is 0 Å². The van der Waals surface area contributed by atoms with Crippen molar-refractivity contribution in [3.63, 3.8) is 0 Å². The first kappa shape index (κ1) is 9.66. The van der Waals surface area contributed by atoms with E-state index in [0.29, 0.717) is 13.1 Å². The smallest absolute Gasteiger partial charge is 0.222 e. The molecule has 0 bridgehead atoms. The number of hydrogen-bond acceptors (Lipinski definition) is 5. The molecule has 0 atom stereocenters. The second-order valence-electron chi connectivity index (χ2n) is 2.61. The molecule has 0 aliphatic heterocycles. The van der Waals surface area contributed by atoms with Crippen LogP contribution >= 0.6 is 0 Å². The molecule has 0 radical (unpaired) electrons. The van der Waals surface area contributed by atoms with Crippen molar-refractivity contribution in [2.45, 2.75) is 0 Å². The number of aromatic nitrogens is 2. The van der Waals surface area contributed by atoms with Crippen LogP contribution in [0.15, 0.2) is 6.20 Å². The molecule has 0 unspecified atom stereocenters. The van der Waals surface area contributed by atoms with Crippen LogP contribution in [0.25, 0.3) is 0 Å². The molecular formula is C7H12FN5. The maximum Gasteiger partial charge on any atom is 0.222 e. The Balaban J connectivity index is 2.91. The van der Waals surface area contributed by atoms with Crippen LogP contribution < -0.4 is 16.4 Å². The lowest BCUT2D eigenvalue weighted by atomic mass is 10.4. The zero-order chi connectivity index (χ0) is 9.84. The Hall–Kier alpha value is -1.43. The van der Waals surface area contributed by atoms with Crippen LogP contribution in [0.4, 0.5) is 16.2 Å². The van der Waals surface area contributed by atoms with Crippen LogP contribution in [0.5, 0.6) is 0 Å². The molecule has 0 aliphatic carbocycles. The van der Waals surface area contributed by atoms with E-state index in [0.717, 1.165) is 6.20 Å². The molecule has 72 valence electrons. The van der Waals surface area contributed by atoms with Crippen LogP contribution in [0.3, 0.4) is 0 Å². The van der Waals surface area contributed by atoms with Gasteiger partial charge in [0, 0.05) is 20.1 Å².